The monoisotopic (exact) mass is 287 g/mol. The summed E-state index contributed by atoms with van der Waals surface area (Å²) >= 11 is 0. The van der Waals surface area contributed by atoms with Crippen LogP contribution in [0.2, 0.25) is 0 Å². The minimum absolute atomic E-state index is 0.444. The molecule has 2 rings (SSSR count). The molecule has 0 spiro atoms. The first-order valence-electron chi connectivity index (χ1n) is 7.82. The van der Waals surface area contributed by atoms with Crippen LogP contribution in [0, 0.1) is 0 Å². The second-order valence-electron chi connectivity index (χ2n) is 5.25. The van der Waals surface area contributed by atoms with Gasteiger partial charge in [-0.3, -0.25) is 5.43 Å². The molecule has 5 heteroatoms. The smallest absolute Gasteiger partial charge is 0.239 e. The summed E-state index contributed by atoms with van der Waals surface area (Å²) in [4.78, 5) is 8.75. The molecule has 0 saturated carbocycles. The number of nitrogen functional groups attached to an aromatic ring is 1. The van der Waals surface area contributed by atoms with E-state index in [0.717, 1.165) is 29.7 Å². The summed E-state index contributed by atoms with van der Waals surface area (Å²) in [7, 11) is 0. The quantitative estimate of drug-likeness (QED) is 0.372. The van der Waals surface area contributed by atoms with E-state index in [1.54, 1.807) is 0 Å². The molecule has 4 N–H and O–H groups in total. The molecule has 21 heavy (non-hydrogen) atoms. The Hall–Kier alpha value is -1.88. The van der Waals surface area contributed by atoms with Crippen LogP contribution in [-0.4, -0.2) is 16.5 Å². The van der Waals surface area contributed by atoms with Gasteiger partial charge in [0.05, 0.1) is 5.52 Å². The number of nitrogens with zero attached hydrogens (tertiary/aromatic N) is 2. The van der Waals surface area contributed by atoms with Gasteiger partial charge in [-0.05, 0) is 18.6 Å². The van der Waals surface area contributed by atoms with E-state index in [2.05, 4.69) is 27.6 Å². The Morgan fingerprint density at radius 2 is 1.76 bits per heavy atom. The molecule has 114 valence electrons. The average molecular weight is 287 g/mol. The van der Waals surface area contributed by atoms with Gasteiger partial charge in [-0.15, -0.1) is 0 Å². The van der Waals surface area contributed by atoms with Crippen LogP contribution in [0.3, 0.4) is 0 Å². The molecule has 0 saturated heterocycles. The fourth-order valence-corrected chi connectivity index (χ4v) is 2.39. The number of rotatable bonds is 9. The minimum Gasteiger partial charge on any atom is -0.369 e. The number of unbranched alkanes of at least 4 members (excludes halogenated alkanes) is 5. The Kier molecular flexibility index (Phi) is 6.22. The van der Waals surface area contributed by atoms with Gasteiger partial charge < -0.3 is 5.32 Å². The van der Waals surface area contributed by atoms with E-state index in [4.69, 9.17) is 5.84 Å². The molecular weight excluding hydrogens is 262 g/mol. The zero-order chi connectivity index (χ0) is 14.9. The Bertz CT molecular complexity index is 555. The van der Waals surface area contributed by atoms with Crippen molar-refractivity contribution in [1.82, 2.24) is 9.97 Å². The van der Waals surface area contributed by atoms with Crippen LogP contribution >= 0.6 is 0 Å². The number of para-hydroxylation sites is 1. The maximum Gasteiger partial charge on any atom is 0.239 e. The standard InChI is InChI=1S/C16H25N5/c1-2-3-4-5-6-9-12-18-15-13-10-7-8-11-14(13)19-16(20-15)21-17/h7-8,10-11H,2-6,9,12,17H2,1H3,(H2,18,19,20,21). The number of aromatic nitrogens is 2. The van der Waals surface area contributed by atoms with E-state index in [1.807, 2.05) is 24.3 Å². The highest BCUT2D eigenvalue weighted by atomic mass is 15.3. The van der Waals surface area contributed by atoms with Gasteiger partial charge in [-0.1, -0.05) is 51.2 Å². The van der Waals surface area contributed by atoms with Gasteiger partial charge in [0.15, 0.2) is 0 Å². The van der Waals surface area contributed by atoms with E-state index in [-0.39, 0.29) is 0 Å². The Morgan fingerprint density at radius 3 is 2.57 bits per heavy atom. The molecule has 0 aliphatic rings. The highest BCUT2D eigenvalue weighted by Crippen LogP contribution is 2.21. The largest absolute Gasteiger partial charge is 0.369 e. The normalized spacial score (nSPS) is 10.8. The summed E-state index contributed by atoms with van der Waals surface area (Å²) in [5.74, 6) is 6.72. The summed E-state index contributed by atoms with van der Waals surface area (Å²) in [5.41, 5.74) is 3.42. The van der Waals surface area contributed by atoms with Crippen molar-refractivity contribution in [2.75, 3.05) is 17.3 Å². The zero-order valence-corrected chi connectivity index (χ0v) is 12.7. The maximum absolute atomic E-state index is 5.43. The van der Waals surface area contributed by atoms with Crippen LogP contribution in [-0.2, 0) is 0 Å². The SMILES string of the molecule is CCCCCCCCNc1nc(NN)nc2ccccc12. The van der Waals surface area contributed by atoms with E-state index in [1.165, 1.54) is 32.1 Å². The van der Waals surface area contributed by atoms with Gasteiger partial charge in [-0.25, -0.2) is 10.8 Å². The van der Waals surface area contributed by atoms with Gasteiger partial charge >= 0.3 is 0 Å². The van der Waals surface area contributed by atoms with Gasteiger partial charge in [0.25, 0.3) is 0 Å². The van der Waals surface area contributed by atoms with Crippen molar-refractivity contribution < 1.29 is 0 Å². The summed E-state index contributed by atoms with van der Waals surface area (Å²) in [5, 5.41) is 4.44. The van der Waals surface area contributed by atoms with Crippen LogP contribution in [0.5, 0.6) is 0 Å². The first-order valence-corrected chi connectivity index (χ1v) is 7.82. The third-order valence-corrected chi connectivity index (χ3v) is 3.56. The lowest BCUT2D eigenvalue weighted by Crippen LogP contribution is -2.12. The third kappa shape index (κ3) is 4.56. The molecule has 2 aromatic rings. The first kappa shape index (κ1) is 15.5. The molecule has 1 aromatic heterocycles. The van der Waals surface area contributed by atoms with E-state index in [0.29, 0.717) is 5.95 Å². The van der Waals surface area contributed by atoms with Crippen molar-refractivity contribution in [2.45, 2.75) is 45.4 Å². The van der Waals surface area contributed by atoms with Crippen LogP contribution in [0.4, 0.5) is 11.8 Å². The Balaban J connectivity index is 1.91. The fourth-order valence-electron chi connectivity index (χ4n) is 2.39. The topological polar surface area (TPSA) is 75.9 Å². The molecule has 0 aliphatic heterocycles. The van der Waals surface area contributed by atoms with Crippen LogP contribution < -0.4 is 16.6 Å². The number of hydrazine groups is 1. The van der Waals surface area contributed by atoms with E-state index in [9.17, 15) is 0 Å². The molecule has 0 aliphatic carbocycles. The highest BCUT2D eigenvalue weighted by molar-refractivity contribution is 5.89. The molecule has 1 aromatic carbocycles. The molecule has 0 amide bonds. The summed E-state index contributed by atoms with van der Waals surface area (Å²) in [6, 6.07) is 7.96. The van der Waals surface area contributed by atoms with Crippen LogP contribution in [0.25, 0.3) is 10.9 Å². The maximum atomic E-state index is 5.43. The average Bonchev–Trinajstić information content (AvgIpc) is 2.53. The van der Waals surface area contributed by atoms with E-state index >= 15 is 0 Å². The minimum atomic E-state index is 0.444. The number of anilines is 2. The first-order chi connectivity index (χ1) is 10.3. The number of nitrogens with one attached hydrogen (secondary N) is 2. The number of fused-ring (bicyclic) bond motifs is 1. The molecule has 0 radical (unpaired) electrons. The highest BCUT2D eigenvalue weighted by Gasteiger charge is 2.05. The van der Waals surface area contributed by atoms with Gasteiger partial charge in [0, 0.05) is 11.9 Å². The summed E-state index contributed by atoms with van der Waals surface area (Å²) in [6.07, 6.45) is 7.71. The fraction of sp³-hybridized carbons (Fsp3) is 0.500. The Morgan fingerprint density at radius 1 is 1.00 bits per heavy atom. The lowest BCUT2D eigenvalue weighted by molar-refractivity contribution is 0.617. The van der Waals surface area contributed by atoms with Crippen LogP contribution in [0.1, 0.15) is 45.4 Å². The second-order valence-corrected chi connectivity index (χ2v) is 5.25. The van der Waals surface area contributed by atoms with Gasteiger partial charge in [0.1, 0.15) is 5.82 Å². The van der Waals surface area contributed by atoms with Crippen molar-refractivity contribution in [3.63, 3.8) is 0 Å². The summed E-state index contributed by atoms with van der Waals surface area (Å²) in [6.45, 7) is 3.17. The number of nitrogens with two attached hydrogens (primary N) is 1. The number of hydrogen-bond acceptors (Lipinski definition) is 5. The molecule has 5 nitrogen and oxygen atoms in total. The molecule has 0 bridgehead atoms. The van der Waals surface area contributed by atoms with E-state index < -0.39 is 0 Å². The predicted octanol–water partition coefficient (Wildman–Crippen LogP) is 3.69. The van der Waals surface area contributed by atoms with Gasteiger partial charge in [0.2, 0.25) is 5.95 Å². The van der Waals surface area contributed by atoms with Crippen molar-refractivity contribution in [2.24, 2.45) is 5.84 Å². The lowest BCUT2D eigenvalue weighted by Gasteiger charge is -2.10. The van der Waals surface area contributed by atoms with Crippen molar-refractivity contribution in [3.8, 4) is 0 Å². The van der Waals surface area contributed by atoms with Crippen molar-refractivity contribution in [1.29, 1.82) is 0 Å². The zero-order valence-electron chi connectivity index (χ0n) is 12.7. The third-order valence-electron chi connectivity index (χ3n) is 3.56. The number of benzene rings is 1. The molecule has 0 unspecified atom stereocenters. The number of hydrogen-bond donors (Lipinski definition) is 3. The molecule has 0 atom stereocenters. The Labute approximate surface area is 126 Å². The molecule has 1 heterocycles. The molecule has 0 fully saturated rings. The van der Waals surface area contributed by atoms with Crippen molar-refractivity contribution in [3.05, 3.63) is 24.3 Å². The molecular formula is C16H25N5. The van der Waals surface area contributed by atoms with Crippen LogP contribution in [0.15, 0.2) is 24.3 Å². The van der Waals surface area contributed by atoms with Crippen molar-refractivity contribution >= 4 is 22.7 Å². The summed E-state index contributed by atoms with van der Waals surface area (Å²) < 4.78 is 0. The second kappa shape index (κ2) is 8.42. The lowest BCUT2D eigenvalue weighted by atomic mass is 10.1. The predicted molar refractivity (Wildman–Crippen MR) is 89.2 cm³/mol. The van der Waals surface area contributed by atoms with Gasteiger partial charge in [-0.2, -0.15) is 4.98 Å².